The van der Waals surface area contributed by atoms with Crippen molar-refractivity contribution in [2.75, 3.05) is 36.9 Å². The van der Waals surface area contributed by atoms with Crippen LogP contribution in [0.15, 0.2) is 48.5 Å². The van der Waals surface area contributed by atoms with E-state index in [9.17, 15) is 5.11 Å². The van der Waals surface area contributed by atoms with Crippen molar-refractivity contribution in [2.45, 2.75) is 6.10 Å². The van der Waals surface area contributed by atoms with Gasteiger partial charge in [0, 0.05) is 30.0 Å². The van der Waals surface area contributed by atoms with Crippen LogP contribution in [0.3, 0.4) is 0 Å². The van der Waals surface area contributed by atoms with Crippen LogP contribution < -0.4 is 10.6 Å². The second kappa shape index (κ2) is 6.16. The van der Waals surface area contributed by atoms with Crippen molar-refractivity contribution in [1.29, 1.82) is 0 Å². The topological polar surface area (TPSA) is 58.7 Å². The van der Waals surface area contributed by atoms with Crippen molar-refractivity contribution in [3.05, 3.63) is 59.7 Å². The third-order valence-electron chi connectivity index (χ3n) is 3.81. The van der Waals surface area contributed by atoms with Gasteiger partial charge in [-0.15, -0.1) is 0 Å². The van der Waals surface area contributed by atoms with Crippen LogP contribution >= 0.6 is 0 Å². The van der Waals surface area contributed by atoms with Crippen molar-refractivity contribution in [1.82, 2.24) is 0 Å². The molecule has 110 valence electrons. The van der Waals surface area contributed by atoms with Gasteiger partial charge in [-0.05, 0) is 23.8 Å². The minimum Gasteiger partial charge on any atom is -0.399 e. The molecule has 1 aliphatic rings. The van der Waals surface area contributed by atoms with Crippen LogP contribution in [0.25, 0.3) is 0 Å². The van der Waals surface area contributed by atoms with E-state index in [0.29, 0.717) is 18.9 Å². The van der Waals surface area contributed by atoms with E-state index in [-0.39, 0.29) is 0 Å². The zero-order valence-corrected chi connectivity index (χ0v) is 11.9. The van der Waals surface area contributed by atoms with E-state index < -0.39 is 6.10 Å². The number of nitrogen functional groups attached to an aromatic ring is 1. The van der Waals surface area contributed by atoms with Crippen LogP contribution in [-0.4, -0.2) is 31.4 Å². The molecule has 0 bridgehead atoms. The molecule has 0 radical (unpaired) electrons. The zero-order valence-electron chi connectivity index (χ0n) is 11.9. The van der Waals surface area contributed by atoms with Crippen LogP contribution in [0, 0.1) is 0 Å². The highest BCUT2D eigenvalue weighted by Gasteiger charge is 2.20. The molecule has 0 unspecified atom stereocenters. The maximum absolute atomic E-state index is 10.7. The number of rotatable bonds is 3. The van der Waals surface area contributed by atoms with E-state index in [1.807, 2.05) is 48.5 Å². The average Bonchev–Trinajstić information content (AvgIpc) is 2.56. The number of aliphatic hydroxyl groups is 1. The molecule has 3 N–H and O–H groups in total. The molecule has 1 heterocycles. The molecule has 2 aromatic carbocycles. The summed E-state index contributed by atoms with van der Waals surface area (Å²) >= 11 is 0. The normalized spacial score (nSPS) is 16.7. The molecule has 1 fully saturated rings. The zero-order chi connectivity index (χ0) is 14.7. The molecule has 0 aromatic heterocycles. The third-order valence-corrected chi connectivity index (χ3v) is 3.81. The molecule has 1 atom stereocenters. The molecule has 4 heteroatoms. The van der Waals surface area contributed by atoms with Crippen LogP contribution in [0.2, 0.25) is 0 Å². The Bertz CT molecular complexity index is 595. The fraction of sp³-hybridized carbons (Fsp3) is 0.294. The van der Waals surface area contributed by atoms with Gasteiger partial charge in [-0.25, -0.2) is 0 Å². The van der Waals surface area contributed by atoms with Crippen molar-refractivity contribution >= 4 is 11.4 Å². The van der Waals surface area contributed by atoms with Gasteiger partial charge in [0.2, 0.25) is 0 Å². The number of nitrogens with two attached hydrogens (primary N) is 1. The smallest absolute Gasteiger partial charge is 0.106 e. The lowest BCUT2D eigenvalue weighted by Crippen LogP contribution is -2.37. The number of anilines is 2. The van der Waals surface area contributed by atoms with Gasteiger partial charge in [0.15, 0.2) is 0 Å². The summed E-state index contributed by atoms with van der Waals surface area (Å²) in [5.41, 5.74) is 9.34. The van der Waals surface area contributed by atoms with E-state index in [2.05, 4.69) is 4.90 Å². The molecule has 1 aliphatic heterocycles. The Morgan fingerprint density at radius 3 is 2.48 bits per heavy atom. The number of aliphatic hydroxyl groups excluding tert-OH is 1. The quantitative estimate of drug-likeness (QED) is 0.848. The SMILES string of the molecule is Nc1ccc(N2CCOCC2)c([C@@H](O)c2ccccc2)c1. The molecule has 2 aromatic rings. The summed E-state index contributed by atoms with van der Waals surface area (Å²) in [7, 11) is 0. The lowest BCUT2D eigenvalue weighted by molar-refractivity contribution is 0.122. The highest BCUT2D eigenvalue weighted by Crippen LogP contribution is 2.32. The minimum atomic E-state index is -0.674. The molecule has 1 saturated heterocycles. The van der Waals surface area contributed by atoms with Gasteiger partial charge in [0.25, 0.3) is 0 Å². The molecule has 4 nitrogen and oxygen atoms in total. The maximum atomic E-state index is 10.7. The van der Waals surface area contributed by atoms with Gasteiger partial charge >= 0.3 is 0 Å². The van der Waals surface area contributed by atoms with Crippen molar-refractivity contribution in [3.8, 4) is 0 Å². The third kappa shape index (κ3) is 3.01. The summed E-state index contributed by atoms with van der Waals surface area (Å²) in [6, 6.07) is 15.4. The molecule has 3 rings (SSSR count). The average molecular weight is 284 g/mol. The van der Waals surface area contributed by atoms with Crippen LogP contribution in [0.4, 0.5) is 11.4 Å². The summed E-state index contributed by atoms with van der Waals surface area (Å²) in [6.45, 7) is 3.09. The number of nitrogens with zero attached hydrogens (tertiary/aromatic N) is 1. The highest BCUT2D eigenvalue weighted by atomic mass is 16.5. The van der Waals surface area contributed by atoms with E-state index in [4.69, 9.17) is 10.5 Å². The van der Waals surface area contributed by atoms with Gasteiger partial charge in [0.1, 0.15) is 6.10 Å². The molecule has 0 amide bonds. The molecule has 0 aliphatic carbocycles. The lowest BCUT2D eigenvalue weighted by atomic mass is 9.98. The Labute approximate surface area is 124 Å². The standard InChI is InChI=1S/C17H20N2O2/c18-14-6-7-16(19-8-10-21-11-9-19)15(12-14)17(20)13-4-2-1-3-5-13/h1-7,12,17,20H,8-11,18H2/t17-/m0/s1. The van der Waals surface area contributed by atoms with Crippen LogP contribution in [-0.2, 0) is 4.74 Å². The first kappa shape index (κ1) is 13.9. The predicted octanol–water partition coefficient (Wildman–Crippen LogP) is 2.19. The summed E-state index contributed by atoms with van der Waals surface area (Å²) in [6.07, 6.45) is -0.674. The van der Waals surface area contributed by atoms with E-state index >= 15 is 0 Å². The first-order valence-electron chi connectivity index (χ1n) is 7.21. The number of ether oxygens (including phenoxy) is 1. The number of morpholine rings is 1. The first-order valence-corrected chi connectivity index (χ1v) is 7.21. The first-order chi connectivity index (χ1) is 10.3. The summed E-state index contributed by atoms with van der Waals surface area (Å²) in [4.78, 5) is 2.24. The van der Waals surface area contributed by atoms with Crippen molar-refractivity contribution < 1.29 is 9.84 Å². The summed E-state index contributed by atoms with van der Waals surface area (Å²) in [5.74, 6) is 0. The van der Waals surface area contributed by atoms with Crippen molar-refractivity contribution in [3.63, 3.8) is 0 Å². The fourth-order valence-corrected chi connectivity index (χ4v) is 2.70. The van der Waals surface area contributed by atoms with Crippen LogP contribution in [0.5, 0.6) is 0 Å². The van der Waals surface area contributed by atoms with E-state index in [1.54, 1.807) is 0 Å². The second-order valence-corrected chi connectivity index (χ2v) is 5.23. The Kier molecular flexibility index (Phi) is 4.08. The number of hydrogen-bond acceptors (Lipinski definition) is 4. The number of benzene rings is 2. The highest BCUT2D eigenvalue weighted by molar-refractivity contribution is 5.62. The summed E-state index contributed by atoms with van der Waals surface area (Å²) in [5, 5.41) is 10.7. The largest absolute Gasteiger partial charge is 0.399 e. The van der Waals surface area contributed by atoms with Gasteiger partial charge in [-0.3, -0.25) is 0 Å². The molecule has 0 spiro atoms. The predicted molar refractivity (Wildman–Crippen MR) is 84.4 cm³/mol. The minimum absolute atomic E-state index is 0.664. The van der Waals surface area contributed by atoms with Gasteiger partial charge in [0.05, 0.1) is 13.2 Å². The maximum Gasteiger partial charge on any atom is 0.106 e. The van der Waals surface area contributed by atoms with Gasteiger partial charge < -0.3 is 20.5 Å². The van der Waals surface area contributed by atoms with E-state index in [1.165, 1.54) is 0 Å². The Morgan fingerprint density at radius 2 is 1.76 bits per heavy atom. The van der Waals surface area contributed by atoms with Crippen LogP contribution in [0.1, 0.15) is 17.2 Å². The Hall–Kier alpha value is -2.04. The molecule has 0 saturated carbocycles. The molecular weight excluding hydrogens is 264 g/mol. The summed E-state index contributed by atoms with van der Waals surface area (Å²) < 4.78 is 5.40. The Balaban J connectivity index is 1.98. The van der Waals surface area contributed by atoms with Crippen molar-refractivity contribution in [2.24, 2.45) is 0 Å². The second-order valence-electron chi connectivity index (χ2n) is 5.23. The van der Waals surface area contributed by atoms with E-state index in [0.717, 1.165) is 29.9 Å². The molecular formula is C17H20N2O2. The van der Waals surface area contributed by atoms with Gasteiger partial charge in [-0.1, -0.05) is 30.3 Å². The monoisotopic (exact) mass is 284 g/mol. The fourth-order valence-electron chi connectivity index (χ4n) is 2.70. The number of hydrogen-bond donors (Lipinski definition) is 2. The lowest BCUT2D eigenvalue weighted by Gasteiger charge is -2.31. The van der Waals surface area contributed by atoms with Gasteiger partial charge in [-0.2, -0.15) is 0 Å². The Morgan fingerprint density at radius 1 is 1.05 bits per heavy atom. The molecule has 21 heavy (non-hydrogen) atoms.